The van der Waals surface area contributed by atoms with Crippen LogP contribution in [0, 0.1) is 17.8 Å². The number of carbonyl (C=O) groups excluding carboxylic acids is 3. The SMILES string of the molecule is CC(C)CCN(C)C(=O)CCN1C(=O)C2CCCCC2C1=O. The number of imide groups is 1. The molecule has 2 atom stereocenters. The highest BCUT2D eigenvalue weighted by atomic mass is 16.2. The second-order valence-corrected chi connectivity index (χ2v) is 7.07. The minimum absolute atomic E-state index is 0.0103. The topological polar surface area (TPSA) is 57.7 Å². The Balaban J connectivity index is 1.84. The molecular formula is C17H28N2O3. The molecule has 0 bridgehead atoms. The van der Waals surface area contributed by atoms with Gasteiger partial charge in [0.2, 0.25) is 17.7 Å². The van der Waals surface area contributed by atoms with Crippen molar-refractivity contribution in [3.05, 3.63) is 0 Å². The van der Waals surface area contributed by atoms with Gasteiger partial charge in [-0.05, 0) is 25.2 Å². The molecule has 1 saturated carbocycles. The van der Waals surface area contributed by atoms with Crippen LogP contribution >= 0.6 is 0 Å². The molecule has 2 rings (SSSR count). The van der Waals surface area contributed by atoms with E-state index in [1.807, 2.05) is 0 Å². The van der Waals surface area contributed by atoms with Gasteiger partial charge >= 0.3 is 0 Å². The Morgan fingerprint density at radius 2 is 1.73 bits per heavy atom. The molecule has 5 heteroatoms. The Morgan fingerprint density at radius 1 is 1.18 bits per heavy atom. The third-order valence-electron chi connectivity index (χ3n) is 4.95. The summed E-state index contributed by atoms with van der Waals surface area (Å²) >= 11 is 0. The third kappa shape index (κ3) is 3.68. The van der Waals surface area contributed by atoms with Crippen molar-refractivity contribution in [2.75, 3.05) is 20.1 Å². The zero-order valence-corrected chi connectivity index (χ0v) is 14.0. The molecule has 0 aromatic heterocycles. The maximum absolute atomic E-state index is 12.3. The van der Waals surface area contributed by atoms with Crippen LogP contribution in [0.25, 0.3) is 0 Å². The average molecular weight is 308 g/mol. The highest BCUT2D eigenvalue weighted by Crippen LogP contribution is 2.37. The van der Waals surface area contributed by atoms with E-state index in [2.05, 4.69) is 13.8 Å². The summed E-state index contributed by atoms with van der Waals surface area (Å²) in [5.41, 5.74) is 0. The van der Waals surface area contributed by atoms with Crippen LogP contribution in [0.4, 0.5) is 0 Å². The van der Waals surface area contributed by atoms with Crippen LogP contribution in [-0.2, 0) is 14.4 Å². The maximum atomic E-state index is 12.3. The van der Waals surface area contributed by atoms with Gasteiger partial charge in [0.15, 0.2) is 0 Å². The van der Waals surface area contributed by atoms with E-state index in [0.29, 0.717) is 5.92 Å². The van der Waals surface area contributed by atoms with Crippen molar-refractivity contribution in [2.24, 2.45) is 17.8 Å². The first kappa shape index (κ1) is 17.0. The van der Waals surface area contributed by atoms with Crippen molar-refractivity contribution in [2.45, 2.75) is 52.4 Å². The molecular weight excluding hydrogens is 280 g/mol. The Morgan fingerprint density at radius 3 is 2.23 bits per heavy atom. The minimum Gasteiger partial charge on any atom is -0.346 e. The molecule has 1 heterocycles. The van der Waals surface area contributed by atoms with Crippen molar-refractivity contribution in [1.29, 1.82) is 0 Å². The third-order valence-corrected chi connectivity index (χ3v) is 4.95. The van der Waals surface area contributed by atoms with E-state index in [1.54, 1.807) is 11.9 Å². The highest BCUT2D eigenvalue weighted by molar-refractivity contribution is 6.05. The summed E-state index contributed by atoms with van der Waals surface area (Å²) in [6, 6.07) is 0. The van der Waals surface area contributed by atoms with Crippen molar-refractivity contribution in [3.63, 3.8) is 0 Å². The number of amides is 3. The molecule has 2 aliphatic rings. The van der Waals surface area contributed by atoms with Gasteiger partial charge in [0, 0.05) is 26.6 Å². The van der Waals surface area contributed by atoms with Crippen molar-refractivity contribution in [3.8, 4) is 0 Å². The monoisotopic (exact) mass is 308 g/mol. The van der Waals surface area contributed by atoms with Gasteiger partial charge in [-0.1, -0.05) is 26.7 Å². The van der Waals surface area contributed by atoms with E-state index in [1.165, 1.54) is 4.90 Å². The molecule has 1 aliphatic carbocycles. The van der Waals surface area contributed by atoms with E-state index < -0.39 is 0 Å². The van der Waals surface area contributed by atoms with Crippen LogP contribution in [0.3, 0.4) is 0 Å². The van der Waals surface area contributed by atoms with Gasteiger partial charge in [0.05, 0.1) is 11.8 Å². The van der Waals surface area contributed by atoms with Gasteiger partial charge in [0.25, 0.3) is 0 Å². The summed E-state index contributed by atoms with van der Waals surface area (Å²) in [5.74, 6) is 0.237. The lowest BCUT2D eigenvalue weighted by atomic mass is 9.81. The molecule has 0 N–H and O–H groups in total. The van der Waals surface area contributed by atoms with Gasteiger partial charge in [-0.15, -0.1) is 0 Å². The lowest BCUT2D eigenvalue weighted by Gasteiger charge is -2.20. The first-order chi connectivity index (χ1) is 10.4. The fraction of sp³-hybridized carbons (Fsp3) is 0.824. The summed E-state index contributed by atoms with van der Waals surface area (Å²) in [6.45, 7) is 5.22. The Bertz CT molecular complexity index is 423. The number of hydrogen-bond acceptors (Lipinski definition) is 3. The second-order valence-electron chi connectivity index (χ2n) is 7.07. The second kappa shape index (κ2) is 7.25. The van der Waals surface area contributed by atoms with Gasteiger partial charge in [-0.3, -0.25) is 19.3 Å². The number of carbonyl (C=O) groups is 3. The fourth-order valence-electron chi connectivity index (χ4n) is 3.43. The van der Waals surface area contributed by atoms with Gasteiger partial charge in [-0.2, -0.15) is 0 Å². The predicted octanol–water partition coefficient (Wildman–Crippen LogP) is 2.06. The van der Waals surface area contributed by atoms with Crippen LogP contribution in [0.2, 0.25) is 0 Å². The van der Waals surface area contributed by atoms with Crippen molar-refractivity contribution >= 4 is 17.7 Å². The number of hydrogen-bond donors (Lipinski definition) is 0. The molecule has 1 saturated heterocycles. The van der Waals surface area contributed by atoms with Crippen molar-refractivity contribution in [1.82, 2.24) is 9.80 Å². The molecule has 0 radical (unpaired) electrons. The molecule has 124 valence electrons. The van der Waals surface area contributed by atoms with E-state index in [-0.39, 0.29) is 42.5 Å². The van der Waals surface area contributed by atoms with Crippen LogP contribution in [0.15, 0.2) is 0 Å². The van der Waals surface area contributed by atoms with Crippen LogP contribution in [0.1, 0.15) is 52.4 Å². The van der Waals surface area contributed by atoms with Gasteiger partial charge < -0.3 is 4.90 Å². The number of nitrogens with zero attached hydrogens (tertiary/aromatic N) is 2. The molecule has 22 heavy (non-hydrogen) atoms. The zero-order valence-electron chi connectivity index (χ0n) is 14.0. The number of likely N-dealkylation sites (tertiary alicyclic amines) is 1. The Kier molecular flexibility index (Phi) is 5.59. The first-order valence-corrected chi connectivity index (χ1v) is 8.51. The molecule has 2 unspecified atom stereocenters. The summed E-state index contributed by atoms with van der Waals surface area (Å²) in [4.78, 5) is 39.8. The minimum atomic E-state index is -0.116. The summed E-state index contributed by atoms with van der Waals surface area (Å²) < 4.78 is 0. The maximum Gasteiger partial charge on any atom is 0.233 e. The Hall–Kier alpha value is -1.39. The molecule has 1 aliphatic heterocycles. The lowest BCUT2D eigenvalue weighted by molar-refractivity contribution is -0.140. The summed E-state index contributed by atoms with van der Waals surface area (Å²) in [5, 5.41) is 0. The molecule has 0 aromatic carbocycles. The van der Waals surface area contributed by atoms with E-state index in [9.17, 15) is 14.4 Å². The van der Waals surface area contributed by atoms with Gasteiger partial charge in [0.1, 0.15) is 0 Å². The quantitative estimate of drug-likeness (QED) is 0.706. The van der Waals surface area contributed by atoms with Gasteiger partial charge in [-0.25, -0.2) is 0 Å². The lowest BCUT2D eigenvalue weighted by Crippen LogP contribution is -2.36. The van der Waals surface area contributed by atoms with E-state index in [0.717, 1.165) is 38.6 Å². The molecule has 2 fully saturated rings. The molecule has 3 amide bonds. The average Bonchev–Trinajstić information content (AvgIpc) is 2.74. The molecule has 0 spiro atoms. The summed E-state index contributed by atoms with van der Waals surface area (Å²) in [7, 11) is 1.79. The predicted molar refractivity (Wildman–Crippen MR) is 83.9 cm³/mol. The number of fused-ring (bicyclic) bond motifs is 1. The Labute approximate surface area is 133 Å². The van der Waals surface area contributed by atoms with Crippen LogP contribution < -0.4 is 0 Å². The molecule has 0 aromatic rings. The van der Waals surface area contributed by atoms with Crippen molar-refractivity contribution < 1.29 is 14.4 Å². The number of rotatable bonds is 6. The van der Waals surface area contributed by atoms with Crippen LogP contribution in [-0.4, -0.2) is 47.7 Å². The highest BCUT2D eigenvalue weighted by Gasteiger charge is 2.47. The fourth-order valence-corrected chi connectivity index (χ4v) is 3.43. The smallest absolute Gasteiger partial charge is 0.233 e. The standard InChI is InChI=1S/C17H28N2O3/c1-12(2)8-10-18(3)15(20)9-11-19-16(21)13-6-4-5-7-14(13)17(19)22/h12-14H,4-11H2,1-3H3. The summed E-state index contributed by atoms with van der Waals surface area (Å²) in [6.07, 6.45) is 4.93. The van der Waals surface area contributed by atoms with Crippen LogP contribution in [0.5, 0.6) is 0 Å². The first-order valence-electron chi connectivity index (χ1n) is 8.51. The zero-order chi connectivity index (χ0) is 16.3. The van der Waals surface area contributed by atoms with E-state index >= 15 is 0 Å². The molecule has 5 nitrogen and oxygen atoms in total. The van der Waals surface area contributed by atoms with E-state index in [4.69, 9.17) is 0 Å². The normalized spacial score (nSPS) is 24.8. The largest absolute Gasteiger partial charge is 0.346 e.